The predicted molar refractivity (Wildman–Crippen MR) is 62.9 cm³/mol. The number of hydrogen-bond donors (Lipinski definition) is 2. The third-order valence-electron chi connectivity index (χ3n) is 2.28. The largest absolute Gasteiger partial charge is 0.381 e. The summed E-state index contributed by atoms with van der Waals surface area (Å²) in [5.74, 6) is 0.575. The molecule has 8 nitrogen and oxygen atoms in total. The summed E-state index contributed by atoms with van der Waals surface area (Å²) in [7, 11) is -2.17. The van der Waals surface area contributed by atoms with Gasteiger partial charge in [0.2, 0.25) is 0 Å². The number of nitrogens with one attached hydrogen (secondary N) is 1. The van der Waals surface area contributed by atoms with Gasteiger partial charge in [-0.15, -0.1) is 0 Å². The highest BCUT2D eigenvalue weighted by Crippen LogP contribution is 2.15. The fourth-order valence-corrected chi connectivity index (χ4v) is 2.73. The van der Waals surface area contributed by atoms with Gasteiger partial charge in [0.15, 0.2) is 10.8 Å². The molecule has 0 aromatic carbocycles. The topological polar surface area (TPSA) is 116 Å². The second kappa shape index (κ2) is 4.42. The lowest BCUT2D eigenvalue weighted by atomic mass is 10.4. The summed E-state index contributed by atoms with van der Waals surface area (Å²) in [6, 6.07) is 1.65. The Morgan fingerprint density at radius 2 is 2.28 bits per heavy atom. The number of rotatable bonds is 4. The second-order valence-electron chi connectivity index (χ2n) is 3.80. The van der Waals surface area contributed by atoms with Crippen LogP contribution in [-0.2, 0) is 23.6 Å². The summed E-state index contributed by atoms with van der Waals surface area (Å²) >= 11 is 0. The zero-order valence-electron chi connectivity index (χ0n) is 9.91. The van der Waals surface area contributed by atoms with Crippen molar-refractivity contribution in [3.63, 3.8) is 0 Å². The molecule has 2 rings (SSSR count). The van der Waals surface area contributed by atoms with E-state index in [4.69, 9.17) is 10.3 Å². The zero-order chi connectivity index (χ0) is 13.3. The number of anilines is 1. The molecule has 0 aliphatic carbocycles. The molecule has 0 fully saturated rings. The maximum Gasteiger partial charge on any atom is 0.260 e. The Kier molecular flexibility index (Phi) is 3.09. The van der Waals surface area contributed by atoms with Gasteiger partial charge < -0.3 is 14.8 Å². The fourth-order valence-electron chi connectivity index (χ4n) is 1.50. The molecule has 0 unspecified atom stereocenters. The average Bonchev–Trinajstić information content (AvgIpc) is 2.83. The summed E-state index contributed by atoms with van der Waals surface area (Å²) < 4.78 is 32.6. The van der Waals surface area contributed by atoms with Crippen LogP contribution in [0.4, 0.5) is 5.82 Å². The number of aromatic nitrogens is 3. The fraction of sp³-hybridized carbons (Fsp3) is 0.333. The third kappa shape index (κ3) is 2.36. The van der Waals surface area contributed by atoms with Gasteiger partial charge in [0.1, 0.15) is 5.76 Å². The van der Waals surface area contributed by atoms with Crippen LogP contribution in [0.3, 0.4) is 0 Å². The molecule has 0 aliphatic rings. The Morgan fingerprint density at radius 1 is 1.56 bits per heavy atom. The van der Waals surface area contributed by atoms with Crippen molar-refractivity contribution in [2.45, 2.75) is 18.5 Å². The quantitative estimate of drug-likeness (QED) is 0.794. The van der Waals surface area contributed by atoms with Crippen LogP contribution in [0.2, 0.25) is 0 Å². The lowest BCUT2D eigenvalue weighted by molar-refractivity contribution is 0.390. The van der Waals surface area contributed by atoms with E-state index in [0.717, 1.165) is 0 Å². The number of nitrogens with two attached hydrogens (primary N) is 1. The summed E-state index contributed by atoms with van der Waals surface area (Å²) in [6.07, 6.45) is 1.34. The monoisotopic (exact) mass is 271 g/mol. The normalized spacial score (nSPS) is 11.9. The van der Waals surface area contributed by atoms with Crippen molar-refractivity contribution in [2.75, 3.05) is 5.73 Å². The van der Waals surface area contributed by atoms with Gasteiger partial charge in [-0.2, -0.15) is 0 Å². The minimum Gasteiger partial charge on any atom is -0.381 e. The number of imidazole rings is 1. The van der Waals surface area contributed by atoms with Crippen LogP contribution in [-0.4, -0.2) is 23.1 Å². The van der Waals surface area contributed by atoms with Crippen LogP contribution in [0.15, 0.2) is 21.9 Å². The first kappa shape index (κ1) is 12.6. The first-order chi connectivity index (χ1) is 8.40. The van der Waals surface area contributed by atoms with E-state index in [1.54, 1.807) is 20.0 Å². The molecular weight excluding hydrogens is 258 g/mol. The Morgan fingerprint density at radius 3 is 2.78 bits per heavy atom. The van der Waals surface area contributed by atoms with E-state index in [2.05, 4.69) is 14.9 Å². The summed E-state index contributed by atoms with van der Waals surface area (Å²) in [4.78, 5) is 3.73. The number of nitrogen functional groups attached to an aromatic ring is 1. The summed E-state index contributed by atoms with van der Waals surface area (Å²) in [5, 5.41) is 3.62. The molecule has 9 heteroatoms. The van der Waals surface area contributed by atoms with Crippen molar-refractivity contribution in [1.82, 2.24) is 19.4 Å². The molecule has 2 heterocycles. The molecule has 0 saturated heterocycles. The van der Waals surface area contributed by atoms with E-state index in [1.807, 2.05) is 0 Å². The van der Waals surface area contributed by atoms with Gasteiger partial charge >= 0.3 is 0 Å². The molecule has 0 spiro atoms. The molecule has 18 heavy (non-hydrogen) atoms. The van der Waals surface area contributed by atoms with Gasteiger partial charge in [-0.3, -0.25) is 0 Å². The molecule has 0 aliphatic heterocycles. The van der Waals surface area contributed by atoms with E-state index in [9.17, 15) is 8.42 Å². The SMILES string of the molecule is Cc1cc(CNS(=O)(=O)c2c(N)ncn2C)no1. The second-order valence-corrected chi connectivity index (χ2v) is 5.48. The van der Waals surface area contributed by atoms with Gasteiger partial charge in [0, 0.05) is 13.1 Å². The predicted octanol–water partition coefficient (Wildman–Crippen LogP) is -0.223. The lowest BCUT2D eigenvalue weighted by Crippen LogP contribution is -2.26. The van der Waals surface area contributed by atoms with E-state index in [-0.39, 0.29) is 17.4 Å². The number of sulfonamides is 1. The Bertz CT molecular complexity index is 638. The number of hydrogen-bond acceptors (Lipinski definition) is 6. The molecule has 0 bridgehead atoms. The summed E-state index contributed by atoms with van der Waals surface area (Å²) in [5.41, 5.74) is 6.01. The van der Waals surface area contributed by atoms with Crippen LogP contribution in [0.5, 0.6) is 0 Å². The van der Waals surface area contributed by atoms with E-state index in [0.29, 0.717) is 11.5 Å². The van der Waals surface area contributed by atoms with Crippen molar-refractivity contribution in [2.24, 2.45) is 7.05 Å². The first-order valence-electron chi connectivity index (χ1n) is 5.09. The van der Waals surface area contributed by atoms with Crippen molar-refractivity contribution in [3.8, 4) is 0 Å². The van der Waals surface area contributed by atoms with Gasteiger partial charge in [-0.05, 0) is 6.92 Å². The van der Waals surface area contributed by atoms with Crippen molar-refractivity contribution < 1.29 is 12.9 Å². The molecule has 3 N–H and O–H groups in total. The van der Waals surface area contributed by atoms with Crippen molar-refractivity contribution >= 4 is 15.8 Å². The van der Waals surface area contributed by atoms with Crippen molar-refractivity contribution in [3.05, 3.63) is 23.8 Å². The summed E-state index contributed by atoms with van der Waals surface area (Å²) in [6.45, 7) is 1.76. The smallest absolute Gasteiger partial charge is 0.260 e. The molecular formula is C9H13N5O3S. The first-order valence-corrected chi connectivity index (χ1v) is 6.57. The van der Waals surface area contributed by atoms with Gasteiger partial charge in [-0.1, -0.05) is 5.16 Å². The van der Waals surface area contributed by atoms with Crippen LogP contribution in [0.25, 0.3) is 0 Å². The number of nitrogens with zero attached hydrogens (tertiary/aromatic N) is 3. The van der Waals surface area contributed by atoms with E-state index >= 15 is 0 Å². The molecule has 0 radical (unpaired) electrons. The minimum atomic E-state index is -3.72. The van der Waals surface area contributed by atoms with Crippen LogP contribution in [0, 0.1) is 6.92 Å². The molecule has 0 saturated carbocycles. The highest BCUT2D eigenvalue weighted by molar-refractivity contribution is 7.89. The van der Waals surface area contributed by atoms with Crippen molar-refractivity contribution in [1.29, 1.82) is 0 Å². The van der Waals surface area contributed by atoms with Crippen LogP contribution < -0.4 is 10.5 Å². The van der Waals surface area contributed by atoms with E-state index < -0.39 is 10.0 Å². The average molecular weight is 271 g/mol. The van der Waals surface area contributed by atoms with E-state index in [1.165, 1.54) is 10.9 Å². The van der Waals surface area contributed by atoms with Gasteiger partial charge in [0.25, 0.3) is 10.0 Å². The van der Waals surface area contributed by atoms with Crippen LogP contribution in [0.1, 0.15) is 11.5 Å². The van der Waals surface area contributed by atoms with Gasteiger partial charge in [0.05, 0.1) is 18.6 Å². The molecule has 2 aromatic heterocycles. The Balaban J connectivity index is 2.18. The molecule has 98 valence electrons. The Hall–Kier alpha value is -1.87. The highest BCUT2D eigenvalue weighted by atomic mass is 32.2. The maximum absolute atomic E-state index is 12.0. The maximum atomic E-state index is 12.0. The molecule has 0 amide bonds. The number of aryl methyl sites for hydroxylation is 2. The lowest BCUT2D eigenvalue weighted by Gasteiger charge is -2.06. The Labute approximate surface area is 104 Å². The zero-order valence-corrected chi connectivity index (χ0v) is 10.7. The molecule has 0 atom stereocenters. The van der Waals surface area contributed by atoms with Crippen LogP contribution >= 0.6 is 0 Å². The highest BCUT2D eigenvalue weighted by Gasteiger charge is 2.22. The minimum absolute atomic E-state index is 0.0320. The third-order valence-corrected chi connectivity index (χ3v) is 3.81. The standard InChI is InChI=1S/C9H13N5O3S/c1-6-3-7(13-17-6)4-12-18(15,16)9-8(10)11-5-14(9)2/h3,5,12H,4,10H2,1-2H3. The molecule has 2 aromatic rings. The van der Waals surface area contributed by atoms with Gasteiger partial charge in [-0.25, -0.2) is 18.1 Å².